The minimum absolute atomic E-state index is 0.248. The van der Waals surface area contributed by atoms with E-state index in [1.54, 1.807) is 13.1 Å². The number of anilines is 1. The van der Waals surface area contributed by atoms with Crippen molar-refractivity contribution >= 4 is 21.9 Å². The van der Waals surface area contributed by atoms with Crippen LogP contribution in [0.25, 0.3) is 0 Å². The highest BCUT2D eigenvalue weighted by atomic mass is 32.2. The lowest BCUT2D eigenvalue weighted by atomic mass is 9.91. The van der Waals surface area contributed by atoms with Crippen molar-refractivity contribution in [1.29, 1.82) is 0 Å². The van der Waals surface area contributed by atoms with Crippen LogP contribution >= 0.6 is 0 Å². The van der Waals surface area contributed by atoms with E-state index in [-0.39, 0.29) is 11.7 Å². The monoisotopic (exact) mass is 462 g/mol. The summed E-state index contributed by atoms with van der Waals surface area (Å²) in [5, 5.41) is 4.38. The highest BCUT2D eigenvalue weighted by Gasteiger charge is 2.27. The molecule has 2 aromatic heterocycles. The number of carbonyl (C=O) groups excluding carboxylic acids is 1. The Bertz CT molecular complexity index is 1060. The summed E-state index contributed by atoms with van der Waals surface area (Å²) in [6.45, 7) is 7.85. The fraction of sp³-hybridized carbons (Fsp3) is 0.591. The van der Waals surface area contributed by atoms with Crippen molar-refractivity contribution < 1.29 is 13.2 Å². The second kappa shape index (κ2) is 9.68. The number of hydrogen-bond acceptors (Lipinski definition) is 6. The molecule has 0 spiro atoms. The number of likely N-dealkylation sites (tertiary alicyclic amines) is 1. The van der Waals surface area contributed by atoms with Crippen molar-refractivity contribution in [2.24, 2.45) is 5.92 Å². The first-order chi connectivity index (χ1) is 15.0. The summed E-state index contributed by atoms with van der Waals surface area (Å²) in [6.07, 6.45) is 3.26. The van der Waals surface area contributed by atoms with Gasteiger partial charge in [0, 0.05) is 58.6 Å². The number of piperidine rings is 1. The van der Waals surface area contributed by atoms with Crippen molar-refractivity contribution in [2.45, 2.75) is 46.6 Å². The lowest BCUT2D eigenvalue weighted by Crippen LogP contribution is -2.36. The Kier molecular flexibility index (Phi) is 7.36. The van der Waals surface area contributed by atoms with Crippen LogP contribution in [-0.2, 0) is 28.0 Å². The molecule has 1 aliphatic rings. The first-order valence-corrected chi connectivity index (χ1v) is 12.3. The van der Waals surface area contributed by atoms with E-state index < -0.39 is 10.2 Å². The molecule has 3 rings (SSSR count). The van der Waals surface area contributed by atoms with E-state index in [0.29, 0.717) is 18.2 Å². The summed E-state index contributed by atoms with van der Waals surface area (Å²) in [6, 6.07) is 6.01. The number of hydrogen-bond donors (Lipinski definition) is 0. The van der Waals surface area contributed by atoms with Gasteiger partial charge in [0.05, 0.1) is 5.69 Å². The van der Waals surface area contributed by atoms with Gasteiger partial charge in [0.1, 0.15) is 0 Å². The van der Waals surface area contributed by atoms with Gasteiger partial charge in [0.25, 0.3) is 0 Å². The Morgan fingerprint density at radius 2 is 1.81 bits per heavy atom. The van der Waals surface area contributed by atoms with Crippen LogP contribution in [0.3, 0.4) is 0 Å². The van der Waals surface area contributed by atoms with Crippen molar-refractivity contribution in [3.63, 3.8) is 0 Å². The molecule has 1 amide bonds. The average molecular weight is 463 g/mol. The van der Waals surface area contributed by atoms with Crippen molar-refractivity contribution in [3.8, 4) is 0 Å². The van der Waals surface area contributed by atoms with Gasteiger partial charge in [-0.3, -0.25) is 19.6 Å². The van der Waals surface area contributed by atoms with Crippen LogP contribution in [0.5, 0.6) is 0 Å². The third kappa shape index (κ3) is 5.54. The first-order valence-electron chi connectivity index (χ1n) is 10.9. The fourth-order valence-corrected chi connectivity index (χ4v) is 5.18. The van der Waals surface area contributed by atoms with Crippen LogP contribution in [0.1, 0.15) is 42.4 Å². The Labute approximate surface area is 191 Å². The van der Waals surface area contributed by atoms with Gasteiger partial charge in [-0.15, -0.1) is 4.09 Å². The smallest absolute Gasteiger partial charge is 0.299 e. The molecule has 3 heterocycles. The molecule has 1 aliphatic heterocycles. The minimum Gasteiger partial charge on any atom is -0.299 e. The number of nitrogens with zero attached hydrogens (tertiary/aromatic N) is 6. The highest BCUT2D eigenvalue weighted by Crippen LogP contribution is 2.25. The minimum atomic E-state index is -3.85. The first kappa shape index (κ1) is 24.3. The molecule has 0 N–H and O–H groups in total. The normalized spacial score (nSPS) is 17.7. The molecule has 32 heavy (non-hydrogen) atoms. The second-order valence-electron chi connectivity index (χ2n) is 8.91. The lowest BCUT2D eigenvalue weighted by molar-refractivity contribution is -0.116. The van der Waals surface area contributed by atoms with Gasteiger partial charge < -0.3 is 0 Å². The summed E-state index contributed by atoms with van der Waals surface area (Å²) < 4.78 is 27.6. The van der Waals surface area contributed by atoms with Crippen LogP contribution < -0.4 is 4.90 Å². The van der Waals surface area contributed by atoms with Gasteiger partial charge in [-0.05, 0) is 63.3 Å². The zero-order chi connectivity index (χ0) is 23.6. The number of amides is 1. The molecule has 0 saturated carbocycles. The maximum Gasteiger partial charge on any atom is 0.324 e. The molecule has 0 bridgehead atoms. The Morgan fingerprint density at radius 3 is 2.41 bits per heavy atom. The van der Waals surface area contributed by atoms with Gasteiger partial charge in [0.15, 0.2) is 5.82 Å². The van der Waals surface area contributed by atoms with E-state index in [1.165, 1.54) is 37.9 Å². The largest absolute Gasteiger partial charge is 0.324 e. The van der Waals surface area contributed by atoms with E-state index in [2.05, 4.69) is 27.1 Å². The van der Waals surface area contributed by atoms with Crippen LogP contribution in [0.4, 0.5) is 5.82 Å². The van der Waals surface area contributed by atoms with Gasteiger partial charge >= 0.3 is 10.2 Å². The number of aromatic nitrogens is 3. The maximum atomic E-state index is 12.8. The molecule has 10 heteroatoms. The quantitative estimate of drug-likeness (QED) is 0.625. The molecule has 0 aromatic carbocycles. The third-order valence-electron chi connectivity index (χ3n) is 5.86. The van der Waals surface area contributed by atoms with Crippen LogP contribution in [0.15, 0.2) is 18.2 Å². The van der Waals surface area contributed by atoms with Crippen molar-refractivity contribution in [2.75, 3.05) is 39.1 Å². The molecule has 2 aromatic rings. The Hall–Kier alpha value is -2.30. The van der Waals surface area contributed by atoms with E-state index in [9.17, 15) is 13.2 Å². The van der Waals surface area contributed by atoms with E-state index in [0.717, 1.165) is 45.7 Å². The maximum absolute atomic E-state index is 12.8. The predicted octanol–water partition coefficient (Wildman–Crippen LogP) is 1.99. The Balaban J connectivity index is 1.78. The lowest BCUT2D eigenvalue weighted by Gasteiger charge is -2.32. The molecule has 0 unspecified atom stereocenters. The van der Waals surface area contributed by atoms with E-state index >= 15 is 0 Å². The van der Waals surface area contributed by atoms with Crippen LogP contribution in [0.2, 0.25) is 0 Å². The van der Waals surface area contributed by atoms with Crippen molar-refractivity contribution in [1.82, 2.24) is 23.4 Å². The van der Waals surface area contributed by atoms with Gasteiger partial charge in [0.2, 0.25) is 5.91 Å². The van der Waals surface area contributed by atoms with Crippen LogP contribution in [0, 0.1) is 19.8 Å². The molecule has 176 valence electrons. The third-order valence-corrected chi connectivity index (χ3v) is 7.49. The van der Waals surface area contributed by atoms with Gasteiger partial charge in [-0.2, -0.15) is 17.8 Å². The zero-order valence-corrected chi connectivity index (χ0v) is 20.7. The van der Waals surface area contributed by atoms with E-state index in [4.69, 9.17) is 0 Å². The molecular weight excluding hydrogens is 428 g/mol. The summed E-state index contributed by atoms with van der Waals surface area (Å²) in [4.78, 5) is 20.0. The second-order valence-corrected chi connectivity index (χ2v) is 10.9. The average Bonchev–Trinajstić information content (AvgIpc) is 3.11. The summed E-state index contributed by atoms with van der Waals surface area (Å²) in [5.41, 5.74) is 4.04. The molecule has 1 fully saturated rings. The number of rotatable bonds is 7. The fourth-order valence-electron chi connectivity index (χ4n) is 4.25. The summed E-state index contributed by atoms with van der Waals surface area (Å²) in [7, 11) is 0.612. The molecule has 1 atom stereocenters. The SMILES string of the molecule is CC(=O)N(C)c1cc(CN2CCC[C@H](Cc3cc(C)nc(C)c3)C2)nn1S(=O)(=O)N(C)C. The van der Waals surface area contributed by atoms with Gasteiger partial charge in [-0.1, -0.05) is 0 Å². The standard InChI is InChI=1S/C22H34N6O3S/c1-16-10-20(11-17(2)23-16)12-19-8-7-9-27(14-19)15-21-13-22(26(6)18(3)29)28(24-21)32(30,31)25(4)5/h10-11,13,19H,7-9,12,14-15H2,1-6H3/t19-/m1/s1. The van der Waals surface area contributed by atoms with Crippen LogP contribution in [-0.4, -0.2) is 71.9 Å². The summed E-state index contributed by atoms with van der Waals surface area (Å²) in [5.74, 6) is 0.516. The molecular formula is C22H34N6O3S. The Morgan fingerprint density at radius 1 is 1.16 bits per heavy atom. The highest BCUT2D eigenvalue weighted by molar-refractivity contribution is 7.87. The van der Waals surface area contributed by atoms with Gasteiger partial charge in [-0.25, -0.2) is 0 Å². The molecule has 1 saturated heterocycles. The van der Waals surface area contributed by atoms with E-state index in [1.807, 2.05) is 13.8 Å². The zero-order valence-electron chi connectivity index (χ0n) is 19.9. The number of aryl methyl sites for hydroxylation is 2. The molecule has 0 radical (unpaired) electrons. The molecule has 0 aliphatic carbocycles. The number of carbonyl (C=O) groups is 1. The molecule has 9 nitrogen and oxygen atoms in total. The number of pyridine rings is 1. The summed E-state index contributed by atoms with van der Waals surface area (Å²) >= 11 is 0. The van der Waals surface area contributed by atoms with Crippen molar-refractivity contribution in [3.05, 3.63) is 40.8 Å². The predicted molar refractivity (Wildman–Crippen MR) is 125 cm³/mol. The topological polar surface area (TPSA) is 91.6 Å².